The number of rotatable bonds is 2. The fourth-order valence-corrected chi connectivity index (χ4v) is 1.69. The topological polar surface area (TPSA) is 29.5 Å². The van der Waals surface area contributed by atoms with Crippen molar-refractivity contribution in [3.05, 3.63) is 21.3 Å². The Bertz CT molecular complexity index is 363. The average molecular weight is 332 g/mol. The number of hydrogen-bond donors (Lipinski definition) is 1. The molecule has 0 amide bonds. The molecule has 1 aromatic rings. The van der Waals surface area contributed by atoms with Crippen LogP contribution in [0.1, 0.15) is 12.5 Å². The van der Waals surface area contributed by atoms with E-state index in [4.69, 9.17) is 4.74 Å². The van der Waals surface area contributed by atoms with E-state index in [0.717, 1.165) is 6.07 Å². The van der Waals surface area contributed by atoms with Gasteiger partial charge in [0.15, 0.2) is 11.5 Å². The molecule has 0 saturated carbocycles. The molecule has 0 aliphatic rings. The third kappa shape index (κ3) is 2.90. The van der Waals surface area contributed by atoms with Crippen LogP contribution in [-0.2, 0) is 6.18 Å². The SMILES string of the molecule is CCOc1c(O)cc(I)cc1C(F)(F)F. The number of hydrogen-bond acceptors (Lipinski definition) is 2. The van der Waals surface area contributed by atoms with Gasteiger partial charge >= 0.3 is 6.18 Å². The van der Waals surface area contributed by atoms with Crippen LogP contribution in [0.5, 0.6) is 11.5 Å². The molecule has 0 unspecified atom stereocenters. The normalized spacial score (nSPS) is 11.5. The zero-order valence-electron chi connectivity index (χ0n) is 7.73. The predicted octanol–water partition coefficient (Wildman–Crippen LogP) is 3.41. The molecule has 0 heterocycles. The summed E-state index contributed by atoms with van der Waals surface area (Å²) >= 11 is 1.70. The van der Waals surface area contributed by atoms with Gasteiger partial charge in [0.25, 0.3) is 0 Å². The molecule has 1 N–H and O–H groups in total. The Kier molecular flexibility index (Phi) is 3.69. The van der Waals surface area contributed by atoms with Gasteiger partial charge in [0, 0.05) is 3.57 Å². The van der Waals surface area contributed by atoms with Crippen molar-refractivity contribution in [2.45, 2.75) is 13.1 Å². The molecule has 1 aromatic carbocycles. The maximum atomic E-state index is 12.5. The van der Waals surface area contributed by atoms with Crippen molar-refractivity contribution in [3.63, 3.8) is 0 Å². The number of benzene rings is 1. The van der Waals surface area contributed by atoms with Crippen molar-refractivity contribution in [1.82, 2.24) is 0 Å². The quantitative estimate of drug-likeness (QED) is 0.841. The number of phenols is 1. The first-order valence-electron chi connectivity index (χ1n) is 4.08. The van der Waals surface area contributed by atoms with Gasteiger partial charge in [-0.1, -0.05) is 0 Å². The van der Waals surface area contributed by atoms with Gasteiger partial charge in [-0.15, -0.1) is 0 Å². The van der Waals surface area contributed by atoms with Crippen LogP contribution in [0.15, 0.2) is 12.1 Å². The summed E-state index contributed by atoms with van der Waals surface area (Å²) in [7, 11) is 0. The van der Waals surface area contributed by atoms with Crippen LogP contribution in [0.2, 0.25) is 0 Å². The molecular formula is C9H8F3IO2. The first-order valence-corrected chi connectivity index (χ1v) is 5.16. The lowest BCUT2D eigenvalue weighted by Crippen LogP contribution is -2.09. The highest BCUT2D eigenvalue weighted by Gasteiger charge is 2.36. The zero-order chi connectivity index (χ0) is 11.6. The van der Waals surface area contributed by atoms with Gasteiger partial charge in [-0.3, -0.25) is 0 Å². The van der Waals surface area contributed by atoms with Gasteiger partial charge in [0.2, 0.25) is 0 Å². The van der Waals surface area contributed by atoms with Gasteiger partial charge in [0.1, 0.15) is 5.56 Å². The number of halogens is 4. The molecule has 0 aliphatic carbocycles. The van der Waals surface area contributed by atoms with E-state index < -0.39 is 23.2 Å². The van der Waals surface area contributed by atoms with Crippen LogP contribution in [0, 0.1) is 3.57 Å². The lowest BCUT2D eigenvalue weighted by molar-refractivity contribution is -0.139. The van der Waals surface area contributed by atoms with E-state index in [1.807, 2.05) is 0 Å². The molecule has 0 radical (unpaired) electrons. The van der Waals surface area contributed by atoms with Crippen molar-refractivity contribution in [2.24, 2.45) is 0 Å². The third-order valence-electron chi connectivity index (χ3n) is 1.63. The largest absolute Gasteiger partial charge is 0.504 e. The molecular weight excluding hydrogens is 324 g/mol. The summed E-state index contributed by atoms with van der Waals surface area (Å²) in [4.78, 5) is 0. The molecule has 0 saturated heterocycles. The van der Waals surface area contributed by atoms with Crippen LogP contribution in [0.3, 0.4) is 0 Å². The van der Waals surface area contributed by atoms with E-state index in [0.29, 0.717) is 3.57 Å². The van der Waals surface area contributed by atoms with Crippen LogP contribution in [-0.4, -0.2) is 11.7 Å². The molecule has 0 aromatic heterocycles. The molecule has 0 spiro atoms. The lowest BCUT2D eigenvalue weighted by Gasteiger charge is -2.14. The molecule has 0 fully saturated rings. The summed E-state index contributed by atoms with van der Waals surface area (Å²) in [5.41, 5.74) is -0.950. The van der Waals surface area contributed by atoms with Gasteiger partial charge < -0.3 is 9.84 Å². The van der Waals surface area contributed by atoms with Crippen LogP contribution in [0.4, 0.5) is 13.2 Å². The number of phenolic OH excluding ortho intramolecular Hbond substituents is 1. The second kappa shape index (κ2) is 4.46. The van der Waals surface area contributed by atoms with E-state index in [9.17, 15) is 18.3 Å². The highest BCUT2D eigenvalue weighted by molar-refractivity contribution is 14.1. The number of aromatic hydroxyl groups is 1. The Labute approximate surface area is 98.2 Å². The smallest absolute Gasteiger partial charge is 0.420 e. The number of alkyl halides is 3. The van der Waals surface area contributed by atoms with Gasteiger partial charge in [-0.2, -0.15) is 13.2 Å². The summed E-state index contributed by atoms with van der Waals surface area (Å²) < 4.78 is 42.7. The molecule has 0 aliphatic heterocycles. The Hall–Kier alpha value is -0.660. The van der Waals surface area contributed by atoms with Crippen LogP contribution >= 0.6 is 22.6 Å². The zero-order valence-corrected chi connectivity index (χ0v) is 9.89. The highest BCUT2D eigenvalue weighted by Crippen LogP contribution is 2.42. The predicted molar refractivity (Wildman–Crippen MR) is 57.0 cm³/mol. The fraction of sp³-hybridized carbons (Fsp3) is 0.333. The van der Waals surface area contributed by atoms with E-state index in [-0.39, 0.29) is 6.61 Å². The average Bonchev–Trinajstić information content (AvgIpc) is 2.07. The fourth-order valence-electron chi connectivity index (χ4n) is 1.09. The minimum atomic E-state index is -4.52. The van der Waals surface area contributed by atoms with Crippen LogP contribution < -0.4 is 4.74 Å². The second-order valence-electron chi connectivity index (χ2n) is 2.73. The van der Waals surface area contributed by atoms with Gasteiger partial charge in [-0.05, 0) is 41.6 Å². The minimum Gasteiger partial charge on any atom is -0.504 e. The maximum Gasteiger partial charge on any atom is 0.420 e. The standard InChI is InChI=1S/C9H8F3IO2/c1-2-15-8-6(9(10,11)12)3-5(13)4-7(8)14/h3-4,14H,2H2,1H3. The van der Waals surface area contributed by atoms with Crippen molar-refractivity contribution in [3.8, 4) is 11.5 Å². The molecule has 15 heavy (non-hydrogen) atoms. The first-order chi connectivity index (χ1) is 6.86. The first kappa shape index (κ1) is 12.4. The third-order valence-corrected chi connectivity index (χ3v) is 2.25. The Morgan fingerprint density at radius 3 is 2.47 bits per heavy atom. The minimum absolute atomic E-state index is 0.0667. The van der Waals surface area contributed by atoms with Gasteiger partial charge in [-0.25, -0.2) is 0 Å². The Morgan fingerprint density at radius 1 is 1.40 bits per heavy atom. The summed E-state index contributed by atoms with van der Waals surface area (Å²) in [6.45, 7) is 1.62. The van der Waals surface area contributed by atoms with E-state index in [1.165, 1.54) is 6.07 Å². The molecule has 2 nitrogen and oxygen atoms in total. The highest BCUT2D eigenvalue weighted by atomic mass is 127. The molecule has 6 heteroatoms. The van der Waals surface area contributed by atoms with Crippen molar-refractivity contribution >= 4 is 22.6 Å². The lowest BCUT2D eigenvalue weighted by atomic mass is 10.2. The number of ether oxygens (including phenoxy) is 1. The molecule has 84 valence electrons. The van der Waals surface area contributed by atoms with E-state index in [2.05, 4.69) is 0 Å². The van der Waals surface area contributed by atoms with E-state index in [1.54, 1.807) is 29.5 Å². The monoisotopic (exact) mass is 332 g/mol. The van der Waals surface area contributed by atoms with E-state index >= 15 is 0 Å². The Morgan fingerprint density at radius 2 is 2.00 bits per heavy atom. The van der Waals surface area contributed by atoms with Gasteiger partial charge in [0.05, 0.1) is 6.61 Å². The summed E-state index contributed by atoms with van der Waals surface area (Å²) in [6.07, 6.45) is -4.52. The second-order valence-corrected chi connectivity index (χ2v) is 3.98. The van der Waals surface area contributed by atoms with Crippen molar-refractivity contribution in [1.29, 1.82) is 0 Å². The molecule has 0 bridgehead atoms. The van der Waals surface area contributed by atoms with Crippen molar-refractivity contribution < 1.29 is 23.0 Å². The summed E-state index contributed by atoms with van der Waals surface area (Å²) in [5.74, 6) is -0.999. The van der Waals surface area contributed by atoms with Crippen molar-refractivity contribution in [2.75, 3.05) is 6.61 Å². The van der Waals surface area contributed by atoms with Crippen LogP contribution in [0.25, 0.3) is 0 Å². The molecule has 1 rings (SSSR count). The summed E-state index contributed by atoms with van der Waals surface area (Å²) in [5, 5.41) is 9.34. The maximum absolute atomic E-state index is 12.5. The molecule has 0 atom stereocenters. The Balaban J connectivity index is 3.33. The summed E-state index contributed by atoms with van der Waals surface area (Å²) in [6, 6.07) is 2.16.